The number of rotatable bonds is 4. The van der Waals surface area contributed by atoms with E-state index in [1.807, 2.05) is 7.05 Å². The Kier molecular flexibility index (Phi) is 4.57. The minimum Gasteiger partial charge on any atom is -0.316 e. The Hall–Kier alpha value is -1.08. The van der Waals surface area contributed by atoms with Gasteiger partial charge in [0, 0.05) is 6.54 Å². The summed E-state index contributed by atoms with van der Waals surface area (Å²) in [6.45, 7) is 7.53. The van der Waals surface area contributed by atoms with Gasteiger partial charge in [-0.25, -0.2) is 0 Å². The molecular weight excluding hydrogens is 182 g/mol. The Morgan fingerprint density at radius 1 is 1.27 bits per heavy atom. The maximum atomic E-state index is 3.15. The van der Waals surface area contributed by atoms with E-state index in [0.29, 0.717) is 5.92 Å². The summed E-state index contributed by atoms with van der Waals surface area (Å²) in [6, 6.07) is 8.80. The highest BCUT2D eigenvalue weighted by Gasteiger charge is 1.97. The lowest BCUT2D eigenvalue weighted by Crippen LogP contribution is -2.08. The van der Waals surface area contributed by atoms with Crippen LogP contribution in [-0.2, 0) is 0 Å². The quantitative estimate of drug-likeness (QED) is 0.790. The molecule has 0 saturated carbocycles. The van der Waals surface area contributed by atoms with Gasteiger partial charge in [0.1, 0.15) is 0 Å². The normalized spacial score (nSPS) is 12.2. The second-order valence-electron chi connectivity index (χ2n) is 4.34. The second kappa shape index (κ2) is 5.72. The number of hydrogen-bond acceptors (Lipinski definition) is 1. The van der Waals surface area contributed by atoms with Gasteiger partial charge in [-0.1, -0.05) is 49.8 Å². The van der Waals surface area contributed by atoms with Crippen molar-refractivity contribution in [2.75, 3.05) is 13.6 Å². The number of benzene rings is 1. The van der Waals surface area contributed by atoms with Crippen LogP contribution in [0.2, 0.25) is 0 Å². The molecule has 1 N–H and O–H groups in total. The van der Waals surface area contributed by atoms with Crippen LogP contribution >= 0.6 is 0 Å². The summed E-state index contributed by atoms with van der Waals surface area (Å²) in [5, 5.41) is 3.15. The van der Waals surface area contributed by atoms with E-state index >= 15 is 0 Å². The van der Waals surface area contributed by atoms with Crippen molar-refractivity contribution in [3.63, 3.8) is 0 Å². The largest absolute Gasteiger partial charge is 0.316 e. The van der Waals surface area contributed by atoms with Crippen molar-refractivity contribution in [3.8, 4) is 0 Å². The van der Waals surface area contributed by atoms with Crippen LogP contribution in [0.1, 0.15) is 37.8 Å². The van der Waals surface area contributed by atoms with Crippen molar-refractivity contribution in [2.24, 2.45) is 0 Å². The predicted octanol–water partition coefficient (Wildman–Crippen LogP) is 3.43. The molecule has 0 heterocycles. The molecule has 0 aliphatic heterocycles. The highest BCUT2D eigenvalue weighted by atomic mass is 14.8. The lowest BCUT2D eigenvalue weighted by Gasteiger charge is -2.05. The molecular formula is C14H21N. The van der Waals surface area contributed by atoms with Crippen LogP contribution in [0.3, 0.4) is 0 Å². The van der Waals surface area contributed by atoms with Crippen LogP contribution in [-0.4, -0.2) is 13.6 Å². The maximum Gasteiger partial charge on any atom is 0.0162 e. The molecule has 0 aliphatic carbocycles. The molecule has 0 fully saturated rings. The minimum absolute atomic E-state index is 0.612. The molecule has 0 radical (unpaired) electrons. The van der Waals surface area contributed by atoms with Crippen molar-refractivity contribution in [3.05, 3.63) is 41.0 Å². The molecule has 1 aromatic carbocycles. The second-order valence-corrected chi connectivity index (χ2v) is 4.34. The first kappa shape index (κ1) is 12.0. The summed E-state index contributed by atoms with van der Waals surface area (Å²) < 4.78 is 0. The maximum absolute atomic E-state index is 3.15. The van der Waals surface area contributed by atoms with Crippen molar-refractivity contribution in [1.82, 2.24) is 5.32 Å². The van der Waals surface area contributed by atoms with Crippen LogP contribution < -0.4 is 5.32 Å². The van der Waals surface area contributed by atoms with E-state index in [1.54, 1.807) is 0 Å². The molecule has 0 saturated heterocycles. The van der Waals surface area contributed by atoms with Gasteiger partial charge in [-0.2, -0.15) is 0 Å². The fourth-order valence-electron chi connectivity index (χ4n) is 1.59. The van der Waals surface area contributed by atoms with Crippen LogP contribution in [0.15, 0.2) is 29.8 Å². The summed E-state index contributed by atoms with van der Waals surface area (Å²) in [5.74, 6) is 0.612. The monoisotopic (exact) mass is 203 g/mol. The van der Waals surface area contributed by atoms with Gasteiger partial charge in [-0.15, -0.1) is 0 Å². The molecule has 1 rings (SSSR count). The van der Waals surface area contributed by atoms with Crippen LogP contribution in [0.5, 0.6) is 0 Å². The third-order valence-electron chi connectivity index (χ3n) is 2.47. The zero-order valence-electron chi connectivity index (χ0n) is 10.2. The molecule has 0 amide bonds. The van der Waals surface area contributed by atoms with Gasteiger partial charge < -0.3 is 5.32 Å². The van der Waals surface area contributed by atoms with Crippen LogP contribution in [0, 0.1) is 0 Å². The molecule has 82 valence electrons. The Morgan fingerprint density at radius 2 is 1.87 bits per heavy atom. The topological polar surface area (TPSA) is 12.0 Å². The standard InChI is InChI=1S/C14H21N/c1-11(2)14-7-5-13(6-8-14)9-12(3)10-15-4/h5-9,11,15H,10H2,1-4H3. The van der Waals surface area contributed by atoms with Gasteiger partial charge in [0.15, 0.2) is 0 Å². The van der Waals surface area contributed by atoms with Crippen molar-refractivity contribution in [2.45, 2.75) is 26.7 Å². The van der Waals surface area contributed by atoms with Crippen LogP contribution in [0.4, 0.5) is 0 Å². The Labute approximate surface area is 93.2 Å². The summed E-state index contributed by atoms with van der Waals surface area (Å²) >= 11 is 0. The molecule has 1 nitrogen and oxygen atoms in total. The first-order valence-electron chi connectivity index (χ1n) is 5.55. The summed E-state index contributed by atoms with van der Waals surface area (Å²) in [7, 11) is 1.97. The van der Waals surface area contributed by atoms with E-state index in [9.17, 15) is 0 Å². The molecule has 1 heteroatoms. The molecule has 15 heavy (non-hydrogen) atoms. The molecule has 0 aliphatic rings. The summed E-state index contributed by atoms with van der Waals surface area (Å²) in [5.41, 5.74) is 4.04. The molecule has 0 unspecified atom stereocenters. The fraction of sp³-hybridized carbons (Fsp3) is 0.429. The lowest BCUT2D eigenvalue weighted by molar-refractivity contribution is 0.866. The van der Waals surface area contributed by atoms with Crippen molar-refractivity contribution >= 4 is 6.08 Å². The average molecular weight is 203 g/mol. The zero-order valence-corrected chi connectivity index (χ0v) is 10.2. The van der Waals surface area contributed by atoms with E-state index < -0.39 is 0 Å². The molecule has 0 atom stereocenters. The average Bonchev–Trinajstić information content (AvgIpc) is 2.18. The number of likely N-dealkylation sites (N-methyl/N-ethyl adjacent to an activating group) is 1. The van der Waals surface area contributed by atoms with Crippen molar-refractivity contribution < 1.29 is 0 Å². The summed E-state index contributed by atoms with van der Waals surface area (Å²) in [6.07, 6.45) is 2.22. The number of hydrogen-bond donors (Lipinski definition) is 1. The van der Waals surface area contributed by atoms with E-state index in [2.05, 4.69) is 56.4 Å². The fourth-order valence-corrected chi connectivity index (χ4v) is 1.59. The highest BCUT2D eigenvalue weighted by molar-refractivity contribution is 5.53. The van der Waals surface area contributed by atoms with Gasteiger partial charge in [0.05, 0.1) is 0 Å². The molecule has 0 spiro atoms. The van der Waals surface area contributed by atoms with E-state index in [-0.39, 0.29) is 0 Å². The smallest absolute Gasteiger partial charge is 0.0162 e. The van der Waals surface area contributed by atoms with Gasteiger partial charge in [-0.3, -0.25) is 0 Å². The Balaban J connectivity index is 2.76. The van der Waals surface area contributed by atoms with E-state index in [0.717, 1.165) is 6.54 Å². The predicted molar refractivity (Wildman–Crippen MR) is 68.1 cm³/mol. The zero-order chi connectivity index (χ0) is 11.3. The van der Waals surface area contributed by atoms with Crippen LogP contribution in [0.25, 0.3) is 6.08 Å². The third-order valence-corrected chi connectivity index (χ3v) is 2.47. The Bertz CT molecular complexity index is 320. The Morgan fingerprint density at radius 3 is 2.33 bits per heavy atom. The summed E-state index contributed by atoms with van der Waals surface area (Å²) in [4.78, 5) is 0. The molecule has 0 aromatic heterocycles. The van der Waals surface area contributed by atoms with Gasteiger partial charge in [-0.05, 0) is 31.0 Å². The molecule has 1 aromatic rings. The molecule has 0 bridgehead atoms. The van der Waals surface area contributed by atoms with Gasteiger partial charge in [0.25, 0.3) is 0 Å². The minimum atomic E-state index is 0.612. The third kappa shape index (κ3) is 3.88. The van der Waals surface area contributed by atoms with Crippen molar-refractivity contribution in [1.29, 1.82) is 0 Å². The first-order valence-corrected chi connectivity index (χ1v) is 5.55. The first-order chi connectivity index (χ1) is 7.13. The van der Waals surface area contributed by atoms with E-state index in [1.165, 1.54) is 16.7 Å². The van der Waals surface area contributed by atoms with E-state index in [4.69, 9.17) is 0 Å². The van der Waals surface area contributed by atoms with Gasteiger partial charge >= 0.3 is 0 Å². The lowest BCUT2D eigenvalue weighted by atomic mass is 10.0. The SMILES string of the molecule is CNCC(C)=Cc1ccc(C(C)C)cc1. The highest BCUT2D eigenvalue weighted by Crippen LogP contribution is 2.15. The number of nitrogens with one attached hydrogen (secondary N) is 1. The van der Waals surface area contributed by atoms with Gasteiger partial charge in [0.2, 0.25) is 0 Å².